The first-order chi connectivity index (χ1) is 8.72. The number of hydrogen-bond acceptors (Lipinski definition) is 2. The van der Waals surface area contributed by atoms with Crippen LogP contribution in [0.3, 0.4) is 0 Å². The highest BCUT2D eigenvalue weighted by molar-refractivity contribution is 5.27. The Morgan fingerprint density at radius 2 is 2.06 bits per heavy atom. The predicted molar refractivity (Wildman–Crippen MR) is 73.6 cm³/mol. The molecule has 0 aromatic heterocycles. The molecule has 0 bridgehead atoms. The molecule has 100 valence electrons. The van der Waals surface area contributed by atoms with Crippen LogP contribution in [0, 0.1) is 0 Å². The molecule has 18 heavy (non-hydrogen) atoms. The highest BCUT2D eigenvalue weighted by Gasteiger charge is 2.41. The van der Waals surface area contributed by atoms with Crippen molar-refractivity contribution in [1.82, 2.24) is 0 Å². The average Bonchev–Trinajstić information content (AvgIpc) is 2.88. The molecule has 0 aliphatic heterocycles. The van der Waals surface area contributed by atoms with E-state index < -0.39 is 6.10 Å². The second kappa shape index (κ2) is 5.85. The van der Waals surface area contributed by atoms with Gasteiger partial charge in [-0.1, -0.05) is 50.5 Å². The van der Waals surface area contributed by atoms with Gasteiger partial charge in [0.1, 0.15) is 6.10 Å². The van der Waals surface area contributed by atoms with E-state index in [-0.39, 0.29) is 5.60 Å². The molecule has 0 saturated heterocycles. The molecular formula is C16H24O2. The van der Waals surface area contributed by atoms with E-state index in [1.807, 2.05) is 12.1 Å². The molecule has 0 amide bonds. The van der Waals surface area contributed by atoms with Crippen LogP contribution < -0.4 is 0 Å². The van der Waals surface area contributed by atoms with Crippen molar-refractivity contribution in [2.75, 3.05) is 7.11 Å². The Bertz CT molecular complexity index is 380. The van der Waals surface area contributed by atoms with Crippen molar-refractivity contribution in [3.05, 3.63) is 35.4 Å². The number of aliphatic hydroxyl groups excluding tert-OH is 1. The van der Waals surface area contributed by atoms with Crippen molar-refractivity contribution in [2.45, 2.75) is 57.2 Å². The fourth-order valence-corrected chi connectivity index (χ4v) is 3.07. The van der Waals surface area contributed by atoms with E-state index in [4.69, 9.17) is 4.74 Å². The molecule has 2 rings (SSSR count). The summed E-state index contributed by atoms with van der Waals surface area (Å²) in [5, 5.41) is 10.6. The molecule has 1 atom stereocenters. The van der Waals surface area contributed by atoms with E-state index in [1.54, 1.807) is 7.11 Å². The molecule has 1 N–H and O–H groups in total. The highest BCUT2D eigenvalue weighted by Crippen LogP contribution is 2.42. The summed E-state index contributed by atoms with van der Waals surface area (Å²) in [6.45, 7) is 2.18. The number of benzene rings is 1. The van der Waals surface area contributed by atoms with Gasteiger partial charge in [-0.15, -0.1) is 0 Å². The Morgan fingerprint density at radius 3 is 2.67 bits per heavy atom. The van der Waals surface area contributed by atoms with E-state index in [0.717, 1.165) is 44.1 Å². The van der Waals surface area contributed by atoms with Gasteiger partial charge in [-0.2, -0.15) is 0 Å². The number of rotatable bonds is 5. The smallest absolute Gasteiger partial charge is 0.108 e. The van der Waals surface area contributed by atoms with Gasteiger partial charge in [0.15, 0.2) is 0 Å². The van der Waals surface area contributed by atoms with Crippen LogP contribution in [0.1, 0.15) is 56.3 Å². The van der Waals surface area contributed by atoms with Crippen LogP contribution >= 0.6 is 0 Å². The standard InChI is InChI=1S/C16H24O2/c1-3-7-13-8-6-9-14(12-13)15(17)16(18-2)10-4-5-11-16/h6,8-9,12,15,17H,3-5,7,10-11H2,1-2H3. The second-order valence-corrected chi connectivity index (χ2v) is 5.37. The number of aliphatic hydroxyl groups is 1. The molecule has 1 aliphatic rings. The maximum absolute atomic E-state index is 10.6. The summed E-state index contributed by atoms with van der Waals surface area (Å²) >= 11 is 0. The number of hydrogen-bond donors (Lipinski definition) is 1. The van der Waals surface area contributed by atoms with Crippen LogP contribution in [0.25, 0.3) is 0 Å². The fraction of sp³-hybridized carbons (Fsp3) is 0.625. The lowest BCUT2D eigenvalue weighted by Gasteiger charge is -2.33. The lowest BCUT2D eigenvalue weighted by molar-refractivity contribution is -0.100. The Morgan fingerprint density at radius 1 is 1.33 bits per heavy atom. The third kappa shape index (κ3) is 2.60. The Kier molecular flexibility index (Phi) is 4.41. The number of aryl methyl sites for hydroxylation is 1. The first-order valence-electron chi connectivity index (χ1n) is 7.04. The van der Waals surface area contributed by atoms with Gasteiger partial charge in [-0.05, 0) is 30.4 Å². The minimum Gasteiger partial charge on any atom is -0.385 e. The first kappa shape index (κ1) is 13.6. The van der Waals surface area contributed by atoms with Gasteiger partial charge in [0.25, 0.3) is 0 Å². The van der Waals surface area contributed by atoms with Crippen LogP contribution in [0.15, 0.2) is 24.3 Å². The molecular weight excluding hydrogens is 224 g/mol. The molecule has 0 radical (unpaired) electrons. The zero-order valence-corrected chi connectivity index (χ0v) is 11.5. The summed E-state index contributed by atoms with van der Waals surface area (Å²) in [5.74, 6) is 0. The molecule has 2 heteroatoms. The third-order valence-corrected chi connectivity index (χ3v) is 4.16. The van der Waals surface area contributed by atoms with Gasteiger partial charge in [-0.25, -0.2) is 0 Å². The molecule has 2 nitrogen and oxygen atoms in total. The van der Waals surface area contributed by atoms with Crippen molar-refractivity contribution >= 4 is 0 Å². The maximum atomic E-state index is 10.6. The summed E-state index contributed by atoms with van der Waals surface area (Å²) in [7, 11) is 1.73. The lowest BCUT2D eigenvalue weighted by Crippen LogP contribution is -2.35. The Hall–Kier alpha value is -0.860. The minimum atomic E-state index is -0.498. The average molecular weight is 248 g/mol. The first-order valence-corrected chi connectivity index (χ1v) is 7.04. The Balaban J connectivity index is 2.21. The largest absolute Gasteiger partial charge is 0.385 e. The molecule has 1 aromatic carbocycles. The van der Waals surface area contributed by atoms with Gasteiger partial charge in [-0.3, -0.25) is 0 Å². The van der Waals surface area contributed by atoms with E-state index >= 15 is 0 Å². The minimum absolute atomic E-state index is 0.356. The van der Waals surface area contributed by atoms with Crippen LogP contribution in [-0.2, 0) is 11.2 Å². The topological polar surface area (TPSA) is 29.5 Å². The lowest BCUT2D eigenvalue weighted by atomic mass is 9.88. The summed E-state index contributed by atoms with van der Waals surface area (Å²) in [6, 6.07) is 8.33. The van der Waals surface area contributed by atoms with Gasteiger partial charge >= 0.3 is 0 Å². The Labute approximate surface area is 110 Å². The van der Waals surface area contributed by atoms with E-state index in [0.29, 0.717) is 0 Å². The molecule has 1 saturated carbocycles. The molecule has 1 unspecified atom stereocenters. The predicted octanol–water partition coefficient (Wildman–Crippen LogP) is 3.63. The van der Waals surface area contributed by atoms with Gasteiger partial charge < -0.3 is 9.84 Å². The van der Waals surface area contributed by atoms with Crippen molar-refractivity contribution in [3.8, 4) is 0 Å². The number of methoxy groups -OCH3 is 1. The van der Waals surface area contributed by atoms with Gasteiger partial charge in [0, 0.05) is 7.11 Å². The summed E-state index contributed by atoms with van der Waals surface area (Å²) in [5.41, 5.74) is 1.95. The molecule has 1 aliphatic carbocycles. The monoisotopic (exact) mass is 248 g/mol. The second-order valence-electron chi connectivity index (χ2n) is 5.37. The van der Waals surface area contributed by atoms with Crippen LogP contribution in [0.5, 0.6) is 0 Å². The molecule has 1 aromatic rings. The van der Waals surface area contributed by atoms with Crippen LogP contribution in [0.4, 0.5) is 0 Å². The van der Waals surface area contributed by atoms with Crippen LogP contribution in [-0.4, -0.2) is 17.8 Å². The van der Waals surface area contributed by atoms with E-state index in [9.17, 15) is 5.11 Å². The quantitative estimate of drug-likeness (QED) is 0.862. The maximum Gasteiger partial charge on any atom is 0.108 e. The summed E-state index contributed by atoms with van der Waals surface area (Å²) in [4.78, 5) is 0. The summed E-state index contributed by atoms with van der Waals surface area (Å²) < 4.78 is 5.66. The normalized spacial score (nSPS) is 19.9. The summed E-state index contributed by atoms with van der Waals surface area (Å²) in [6.07, 6.45) is 5.93. The van der Waals surface area contributed by atoms with Crippen molar-refractivity contribution in [3.63, 3.8) is 0 Å². The highest BCUT2D eigenvalue weighted by atomic mass is 16.5. The van der Waals surface area contributed by atoms with E-state index in [1.165, 1.54) is 5.56 Å². The van der Waals surface area contributed by atoms with E-state index in [2.05, 4.69) is 19.1 Å². The molecule has 0 heterocycles. The third-order valence-electron chi connectivity index (χ3n) is 4.16. The zero-order valence-electron chi connectivity index (χ0n) is 11.5. The molecule has 1 fully saturated rings. The van der Waals surface area contributed by atoms with Crippen LogP contribution in [0.2, 0.25) is 0 Å². The fourth-order valence-electron chi connectivity index (χ4n) is 3.07. The molecule has 0 spiro atoms. The van der Waals surface area contributed by atoms with Gasteiger partial charge in [0.05, 0.1) is 5.60 Å². The van der Waals surface area contributed by atoms with Crippen molar-refractivity contribution in [2.24, 2.45) is 0 Å². The van der Waals surface area contributed by atoms with Crippen molar-refractivity contribution in [1.29, 1.82) is 0 Å². The number of ether oxygens (including phenoxy) is 1. The van der Waals surface area contributed by atoms with Crippen molar-refractivity contribution < 1.29 is 9.84 Å². The SMILES string of the molecule is CCCc1cccc(C(O)C2(OC)CCCC2)c1. The zero-order chi connectivity index (χ0) is 13.0. The van der Waals surface area contributed by atoms with Gasteiger partial charge in [0.2, 0.25) is 0 Å².